The van der Waals surface area contributed by atoms with Crippen molar-refractivity contribution in [3.05, 3.63) is 34.0 Å². The van der Waals surface area contributed by atoms with E-state index >= 15 is 0 Å². The summed E-state index contributed by atoms with van der Waals surface area (Å²) in [5.74, 6) is -0.297. The summed E-state index contributed by atoms with van der Waals surface area (Å²) in [4.78, 5) is 26.8. The maximum absolute atomic E-state index is 11.4. The molecule has 0 aromatic carbocycles. The first-order valence-corrected chi connectivity index (χ1v) is 7.81. The zero-order chi connectivity index (χ0) is 17.4. The lowest BCUT2D eigenvalue weighted by Crippen LogP contribution is -2.21. The van der Waals surface area contributed by atoms with Crippen LogP contribution in [0, 0.1) is 5.92 Å². The van der Waals surface area contributed by atoms with Gasteiger partial charge in [-0.25, -0.2) is 9.78 Å². The number of ketones is 1. The van der Waals surface area contributed by atoms with Gasteiger partial charge in [0.1, 0.15) is 5.76 Å². The number of nitrogens with zero attached hydrogens (tertiary/aromatic N) is 1. The molecule has 0 N–H and O–H groups in total. The lowest BCUT2D eigenvalue weighted by molar-refractivity contribution is -0.135. The van der Waals surface area contributed by atoms with Gasteiger partial charge >= 0.3 is 5.97 Å². The first kappa shape index (κ1) is 19.1. The number of carbonyl (C=O) groups excluding carboxylic acids is 2. The largest absolute Gasteiger partial charge is 0.500 e. The van der Waals surface area contributed by atoms with E-state index in [0.717, 1.165) is 0 Å². The summed E-state index contributed by atoms with van der Waals surface area (Å²) in [6.45, 7) is 3.35. The quantitative estimate of drug-likeness (QED) is 0.314. The normalized spacial score (nSPS) is 14.6. The Kier molecular flexibility index (Phi) is 7.64. The monoisotopic (exact) mass is 339 g/mol. The number of ether oxygens (including phenoxy) is 3. The van der Waals surface area contributed by atoms with Crippen molar-refractivity contribution in [2.45, 2.75) is 20.0 Å². The van der Waals surface area contributed by atoms with Crippen LogP contribution in [0.4, 0.5) is 0 Å². The van der Waals surface area contributed by atoms with Crippen LogP contribution >= 0.6 is 11.3 Å². The van der Waals surface area contributed by atoms with Crippen LogP contribution in [0.5, 0.6) is 0 Å². The van der Waals surface area contributed by atoms with Gasteiger partial charge in [-0.05, 0) is 6.08 Å². The summed E-state index contributed by atoms with van der Waals surface area (Å²) >= 11 is 1.30. The van der Waals surface area contributed by atoms with Gasteiger partial charge in [0.05, 0.1) is 32.1 Å². The predicted octanol–water partition coefficient (Wildman–Crippen LogP) is 2.71. The second kappa shape index (κ2) is 9.22. The van der Waals surface area contributed by atoms with Crippen LogP contribution in [-0.4, -0.2) is 44.2 Å². The number of carbonyl (C=O) groups is 2. The van der Waals surface area contributed by atoms with E-state index in [1.54, 1.807) is 18.6 Å². The van der Waals surface area contributed by atoms with E-state index in [9.17, 15) is 9.59 Å². The van der Waals surface area contributed by atoms with E-state index in [4.69, 9.17) is 9.47 Å². The Morgan fingerprint density at radius 1 is 1.26 bits per heavy atom. The molecule has 23 heavy (non-hydrogen) atoms. The van der Waals surface area contributed by atoms with E-state index in [0.29, 0.717) is 16.5 Å². The number of esters is 1. The number of hydrogen-bond donors (Lipinski definition) is 0. The standard InChI is InChI=1S/C16H21NO5S/c1-10(14(21-4)8-15(19)22-5)13(20-3)7-6-12-9-23-16(17-12)11(2)18/h6-10,13H,1-5H3/b7-6-,14-8+/t10-,13+/m1/s1. The van der Waals surface area contributed by atoms with Crippen molar-refractivity contribution in [1.82, 2.24) is 4.98 Å². The Bertz CT molecular complexity index is 605. The van der Waals surface area contributed by atoms with E-state index in [1.165, 1.54) is 38.6 Å². The molecule has 0 radical (unpaired) electrons. The molecule has 1 heterocycles. The van der Waals surface area contributed by atoms with E-state index in [2.05, 4.69) is 9.72 Å². The number of methoxy groups -OCH3 is 3. The Morgan fingerprint density at radius 2 is 1.96 bits per heavy atom. The fourth-order valence-corrected chi connectivity index (χ4v) is 2.57. The molecule has 1 rings (SSSR count). The number of Topliss-reactive ketones (excluding diaryl/α,β-unsaturated/α-hetero) is 1. The summed E-state index contributed by atoms with van der Waals surface area (Å²) in [5, 5.41) is 2.27. The van der Waals surface area contributed by atoms with Crippen LogP contribution in [0.15, 0.2) is 23.3 Å². The lowest BCUT2D eigenvalue weighted by atomic mass is 10.0. The summed E-state index contributed by atoms with van der Waals surface area (Å²) in [6, 6.07) is 0. The SMILES string of the molecule is COC(=O)/C=C(/OC)[C@H](C)[C@H](/C=C\c1csc(C(C)=O)n1)OC. The molecule has 0 saturated carbocycles. The van der Waals surface area contributed by atoms with Crippen molar-refractivity contribution in [2.24, 2.45) is 5.92 Å². The number of aromatic nitrogens is 1. The van der Waals surface area contributed by atoms with Crippen molar-refractivity contribution < 1.29 is 23.8 Å². The zero-order valence-corrected chi connectivity index (χ0v) is 14.7. The lowest BCUT2D eigenvalue weighted by Gasteiger charge is -2.21. The third-order valence-electron chi connectivity index (χ3n) is 3.19. The second-order valence-corrected chi connectivity index (χ2v) is 5.61. The Morgan fingerprint density at radius 3 is 2.43 bits per heavy atom. The van der Waals surface area contributed by atoms with Gasteiger partial charge in [0, 0.05) is 25.3 Å². The highest BCUT2D eigenvalue weighted by molar-refractivity contribution is 7.11. The van der Waals surface area contributed by atoms with Gasteiger partial charge in [0.15, 0.2) is 10.8 Å². The van der Waals surface area contributed by atoms with Gasteiger partial charge < -0.3 is 14.2 Å². The van der Waals surface area contributed by atoms with Crippen molar-refractivity contribution in [3.8, 4) is 0 Å². The third-order valence-corrected chi connectivity index (χ3v) is 4.15. The third kappa shape index (κ3) is 5.61. The molecule has 2 atom stereocenters. The van der Waals surface area contributed by atoms with Crippen LogP contribution < -0.4 is 0 Å². The molecule has 0 unspecified atom stereocenters. The average Bonchev–Trinajstić information content (AvgIpc) is 3.01. The Hall–Kier alpha value is -1.99. The number of hydrogen-bond acceptors (Lipinski definition) is 7. The first-order chi connectivity index (χ1) is 10.9. The fraction of sp³-hybridized carbons (Fsp3) is 0.438. The van der Waals surface area contributed by atoms with Crippen LogP contribution in [0.2, 0.25) is 0 Å². The highest BCUT2D eigenvalue weighted by atomic mass is 32.1. The zero-order valence-electron chi connectivity index (χ0n) is 13.9. The predicted molar refractivity (Wildman–Crippen MR) is 88.2 cm³/mol. The Balaban J connectivity index is 2.89. The van der Waals surface area contributed by atoms with Gasteiger partial charge in [-0.15, -0.1) is 11.3 Å². The summed E-state index contributed by atoms with van der Waals surface area (Å²) in [6.07, 6.45) is 4.56. The second-order valence-electron chi connectivity index (χ2n) is 4.76. The summed E-state index contributed by atoms with van der Waals surface area (Å²) < 4.78 is 15.3. The van der Waals surface area contributed by atoms with E-state index < -0.39 is 5.97 Å². The molecule has 6 nitrogen and oxygen atoms in total. The van der Waals surface area contributed by atoms with Crippen LogP contribution in [-0.2, 0) is 19.0 Å². The maximum atomic E-state index is 11.4. The van der Waals surface area contributed by atoms with E-state index in [-0.39, 0.29) is 17.8 Å². The Labute approximate surface area is 139 Å². The number of thiazole rings is 1. The minimum absolute atomic E-state index is 0.0611. The molecule has 0 fully saturated rings. The molecule has 126 valence electrons. The molecule has 0 aliphatic rings. The van der Waals surface area contributed by atoms with Gasteiger partial charge in [0.2, 0.25) is 0 Å². The van der Waals surface area contributed by atoms with Crippen LogP contribution in [0.1, 0.15) is 29.3 Å². The molecule has 0 saturated heterocycles. The molecular formula is C16H21NO5S. The van der Waals surface area contributed by atoms with Crippen LogP contribution in [0.3, 0.4) is 0 Å². The van der Waals surface area contributed by atoms with Gasteiger partial charge in [-0.1, -0.05) is 13.0 Å². The molecule has 1 aromatic heterocycles. The van der Waals surface area contributed by atoms with Crippen molar-refractivity contribution >= 4 is 29.2 Å². The average molecular weight is 339 g/mol. The molecule has 0 aliphatic heterocycles. The van der Waals surface area contributed by atoms with Gasteiger partial charge in [0.25, 0.3) is 0 Å². The molecule has 0 aliphatic carbocycles. The highest BCUT2D eigenvalue weighted by Crippen LogP contribution is 2.20. The molecule has 7 heteroatoms. The topological polar surface area (TPSA) is 74.7 Å². The first-order valence-electron chi connectivity index (χ1n) is 6.93. The molecule has 0 bridgehead atoms. The summed E-state index contributed by atoms with van der Waals surface area (Å²) in [5.41, 5.74) is 0.686. The molecule has 0 amide bonds. The summed E-state index contributed by atoms with van der Waals surface area (Å²) in [7, 11) is 4.36. The number of rotatable bonds is 8. The highest BCUT2D eigenvalue weighted by Gasteiger charge is 2.20. The van der Waals surface area contributed by atoms with Crippen molar-refractivity contribution in [1.29, 1.82) is 0 Å². The van der Waals surface area contributed by atoms with Gasteiger partial charge in [-0.2, -0.15) is 0 Å². The fourth-order valence-electron chi connectivity index (χ4n) is 1.88. The van der Waals surface area contributed by atoms with Crippen molar-refractivity contribution in [2.75, 3.05) is 21.3 Å². The van der Waals surface area contributed by atoms with Crippen LogP contribution in [0.25, 0.3) is 6.08 Å². The minimum Gasteiger partial charge on any atom is -0.500 e. The maximum Gasteiger partial charge on any atom is 0.333 e. The van der Waals surface area contributed by atoms with E-state index in [1.807, 2.05) is 13.0 Å². The molecule has 1 aromatic rings. The smallest absolute Gasteiger partial charge is 0.333 e. The molecule has 0 spiro atoms. The van der Waals surface area contributed by atoms with Gasteiger partial charge in [-0.3, -0.25) is 4.79 Å². The molecular weight excluding hydrogens is 318 g/mol. The minimum atomic E-state index is -0.488. The van der Waals surface area contributed by atoms with Crippen molar-refractivity contribution in [3.63, 3.8) is 0 Å².